The smallest absolute Gasteiger partial charge is 0.131 e. The van der Waals surface area contributed by atoms with E-state index in [-0.39, 0.29) is 23.2 Å². The van der Waals surface area contributed by atoms with Crippen molar-refractivity contribution in [2.75, 3.05) is 60.6 Å². The van der Waals surface area contributed by atoms with E-state index >= 15 is 0 Å². The maximum Gasteiger partial charge on any atom is 0.131 e. The molecule has 5 fully saturated rings. The molecule has 0 radical (unpaired) electrons. The summed E-state index contributed by atoms with van der Waals surface area (Å²) < 4.78 is 15.8. The second-order valence-electron chi connectivity index (χ2n) is 19.5. The van der Waals surface area contributed by atoms with Gasteiger partial charge in [-0.1, -0.05) is 35.5 Å². The van der Waals surface area contributed by atoms with Crippen molar-refractivity contribution in [2.24, 2.45) is 11.3 Å². The van der Waals surface area contributed by atoms with E-state index in [4.69, 9.17) is 19.4 Å². The van der Waals surface area contributed by atoms with Gasteiger partial charge in [-0.3, -0.25) is 0 Å². The van der Waals surface area contributed by atoms with Gasteiger partial charge in [0, 0.05) is 79.9 Å². The molecular formula is C49H59N11O2. The minimum absolute atomic E-state index is 0.0735. The van der Waals surface area contributed by atoms with Crippen molar-refractivity contribution < 1.29 is 9.47 Å². The van der Waals surface area contributed by atoms with Crippen LogP contribution in [0.3, 0.4) is 0 Å². The minimum atomic E-state index is 0.0735. The second-order valence-corrected chi connectivity index (χ2v) is 19.5. The highest BCUT2D eigenvalue weighted by Gasteiger charge is 2.55. The Morgan fingerprint density at radius 2 is 1.42 bits per heavy atom. The lowest BCUT2D eigenvalue weighted by atomic mass is 9.72. The molecule has 3 atom stereocenters. The first-order valence-electron chi connectivity index (χ1n) is 23.0. The van der Waals surface area contributed by atoms with Crippen LogP contribution in [0.15, 0.2) is 79.3 Å². The fourth-order valence-electron chi connectivity index (χ4n) is 11.4. The quantitative estimate of drug-likeness (QED) is 0.127. The number of anilines is 3. The molecule has 1 spiro atoms. The van der Waals surface area contributed by atoms with Gasteiger partial charge in [0.05, 0.1) is 54.4 Å². The summed E-state index contributed by atoms with van der Waals surface area (Å²) in [5.74, 6) is 1.70. The Balaban J connectivity index is 0.744. The second kappa shape index (κ2) is 16.1. The summed E-state index contributed by atoms with van der Waals surface area (Å²) in [5, 5.41) is 19.1. The van der Waals surface area contributed by atoms with Crippen LogP contribution in [-0.2, 0) is 22.6 Å². The summed E-state index contributed by atoms with van der Waals surface area (Å²) >= 11 is 0. The van der Waals surface area contributed by atoms with Crippen LogP contribution in [0.5, 0.6) is 0 Å². The number of fused-ring (bicyclic) bond motifs is 1. The highest BCUT2D eigenvalue weighted by molar-refractivity contribution is 5.86. The Labute approximate surface area is 364 Å². The molecule has 2 aromatic carbocycles. The third kappa shape index (κ3) is 7.71. The number of nitrogens with zero attached hydrogens (tertiary/aromatic N) is 11. The Morgan fingerprint density at radius 3 is 2.11 bits per heavy atom. The first kappa shape index (κ1) is 39.4. The van der Waals surface area contributed by atoms with Crippen molar-refractivity contribution in [1.29, 1.82) is 0 Å². The third-order valence-electron chi connectivity index (χ3n) is 14.4. The van der Waals surface area contributed by atoms with Gasteiger partial charge in [-0.25, -0.2) is 19.3 Å². The summed E-state index contributed by atoms with van der Waals surface area (Å²) in [5.41, 5.74) is 9.94. The van der Waals surface area contributed by atoms with Gasteiger partial charge < -0.3 is 24.2 Å². The number of benzene rings is 2. The molecule has 322 valence electrons. The zero-order valence-corrected chi connectivity index (χ0v) is 36.5. The van der Waals surface area contributed by atoms with Crippen LogP contribution >= 0.6 is 0 Å². The van der Waals surface area contributed by atoms with Gasteiger partial charge >= 0.3 is 0 Å². The van der Waals surface area contributed by atoms with Crippen LogP contribution in [0.1, 0.15) is 69.4 Å². The van der Waals surface area contributed by atoms with Gasteiger partial charge in [0.25, 0.3) is 0 Å². The van der Waals surface area contributed by atoms with Gasteiger partial charge in [-0.2, -0.15) is 0 Å². The maximum absolute atomic E-state index is 5.95. The van der Waals surface area contributed by atoms with Crippen LogP contribution < -0.4 is 14.7 Å². The molecule has 0 aliphatic carbocycles. The van der Waals surface area contributed by atoms with Crippen molar-refractivity contribution >= 4 is 28.1 Å². The van der Waals surface area contributed by atoms with Crippen molar-refractivity contribution in [2.45, 2.75) is 103 Å². The van der Waals surface area contributed by atoms with E-state index in [1.165, 1.54) is 42.6 Å². The summed E-state index contributed by atoms with van der Waals surface area (Å²) in [4.78, 5) is 17.8. The molecular weight excluding hydrogens is 775 g/mol. The number of pyridine rings is 2. The minimum Gasteiger partial charge on any atom is -0.376 e. The normalized spacial score (nSPS) is 23.2. The van der Waals surface area contributed by atoms with Crippen LogP contribution in [0, 0.1) is 25.2 Å². The monoisotopic (exact) mass is 833 g/mol. The predicted molar refractivity (Wildman–Crippen MR) is 242 cm³/mol. The van der Waals surface area contributed by atoms with E-state index in [1.54, 1.807) is 0 Å². The Morgan fingerprint density at radius 1 is 0.726 bits per heavy atom. The molecule has 0 bridgehead atoms. The van der Waals surface area contributed by atoms with Crippen LogP contribution in [0.2, 0.25) is 0 Å². The van der Waals surface area contributed by atoms with Crippen LogP contribution in [0.4, 0.5) is 17.2 Å². The number of aromatic nitrogens is 8. The number of aryl methyl sites for hydroxylation is 2. The Kier molecular flexibility index (Phi) is 10.2. The van der Waals surface area contributed by atoms with Crippen molar-refractivity contribution in [3.05, 3.63) is 90.4 Å². The first-order valence-corrected chi connectivity index (χ1v) is 23.0. The zero-order chi connectivity index (χ0) is 41.8. The van der Waals surface area contributed by atoms with E-state index in [0.29, 0.717) is 5.92 Å². The molecule has 11 rings (SSSR count). The third-order valence-corrected chi connectivity index (χ3v) is 14.4. The molecule has 13 heteroatoms. The topological polar surface area (TPSA) is 115 Å². The first-order chi connectivity index (χ1) is 30.2. The van der Waals surface area contributed by atoms with E-state index in [1.807, 2.05) is 27.8 Å². The Bertz CT molecular complexity index is 2530. The molecule has 6 aromatic rings. The summed E-state index contributed by atoms with van der Waals surface area (Å²) in [6.45, 7) is 15.1. The number of hydrogen-bond donors (Lipinski definition) is 0. The largest absolute Gasteiger partial charge is 0.376 e. The maximum atomic E-state index is 5.95. The summed E-state index contributed by atoms with van der Waals surface area (Å²) in [7, 11) is 0. The standard InChI is InChI=1S/C49H59N11O2/c1-34-21-38(15-16-42(34)44-28-58(54-52-44)26-40-10-5-8-18-61-40)57-32-49(33-57)24-36(25-60(49)46-12-4-7-17-50-46)23-48(3)30-56(31-48)39-14-13-37-20-35(2)47(51-43(37)22-39)45-29-59(55-53-45)27-41-11-6-9-19-62-41/h4,7,12-17,20-22,28-29,36,40-41H,5-6,8-11,18-19,23-27,30-33H2,1-3H3. The molecule has 0 amide bonds. The number of hydrogen-bond acceptors (Lipinski definition) is 11. The molecule has 5 aliphatic heterocycles. The van der Waals surface area contributed by atoms with Gasteiger partial charge in [0.15, 0.2) is 0 Å². The van der Waals surface area contributed by atoms with E-state index in [0.717, 1.165) is 130 Å². The lowest BCUT2D eigenvalue weighted by Gasteiger charge is -2.54. The molecule has 3 unspecified atom stereocenters. The molecule has 0 saturated carbocycles. The van der Waals surface area contributed by atoms with Crippen molar-refractivity contribution in [3.8, 4) is 22.6 Å². The molecule has 4 aromatic heterocycles. The highest BCUT2D eigenvalue weighted by Crippen LogP contribution is 2.49. The van der Waals surface area contributed by atoms with Gasteiger partial charge in [0.2, 0.25) is 0 Å². The van der Waals surface area contributed by atoms with Gasteiger partial charge in [0.1, 0.15) is 17.2 Å². The van der Waals surface area contributed by atoms with Crippen molar-refractivity contribution in [1.82, 2.24) is 40.0 Å². The predicted octanol–water partition coefficient (Wildman–Crippen LogP) is 7.90. The van der Waals surface area contributed by atoms with E-state index in [2.05, 4.69) is 117 Å². The number of rotatable bonds is 11. The lowest BCUT2D eigenvalue weighted by Crippen LogP contribution is -2.68. The average molecular weight is 834 g/mol. The number of ether oxygens (including phenoxy) is 2. The lowest BCUT2D eigenvalue weighted by molar-refractivity contribution is 0.00356. The molecule has 9 heterocycles. The molecule has 5 aliphatic rings. The molecule has 5 saturated heterocycles. The van der Waals surface area contributed by atoms with Crippen LogP contribution in [0.25, 0.3) is 33.5 Å². The zero-order valence-electron chi connectivity index (χ0n) is 36.5. The Hall–Kier alpha value is -5.40. The van der Waals surface area contributed by atoms with E-state index < -0.39 is 0 Å². The highest BCUT2D eigenvalue weighted by atomic mass is 16.5. The average Bonchev–Trinajstić information content (AvgIpc) is 4.02. The SMILES string of the molecule is Cc1cc(N2CC3(CC(CC4(C)CN(c5ccc6cc(C)c(-c7cn(CC8CCCCO8)nn7)nc6c5)C4)CN3c3ccccn3)C2)ccc1-c1cn(CC2CCCCO2)nn1. The van der Waals surface area contributed by atoms with Gasteiger partial charge in [-0.15, -0.1) is 10.2 Å². The van der Waals surface area contributed by atoms with Crippen molar-refractivity contribution in [3.63, 3.8) is 0 Å². The fraction of sp³-hybridized carbons (Fsp3) is 0.510. The molecule has 13 nitrogen and oxygen atoms in total. The summed E-state index contributed by atoms with van der Waals surface area (Å²) in [6.07, 6.45) is 15.8. The summed E-state index contributed by atoms with van der Waals surface area (Å²) in [6, 6.07) is 22.2. The molecule has 0 N–H and O–H groups in total. The molecule has 62 heavy (non-hydrogen) atoms. The van der Waals surface area contributed by atoms with Crippen LogP contribution in [-0.4, -0.2) is 104 Å². The van der Waals surface area contributed by atoms with E-state index in [9.17, 15) is 0 Å². The fourth-order valence-corrected chi connectivity index (χ4v) is 11.4. The van der Waals surface area contributed by atoms with Gasteiger partial charge in [-0.05, 0) is 125 Å².